The van der Waals surface area contributed by atoms with E-state index in [2.05, 4.69) is 22.5 Å². The molecule has 2 fully saturated rings. The van der Waals surface area contributed by atoms with Gasteiger partial charge in [0.25, 0.3) is 0 Å². The Labute approximate surface area is 186 Å². The van der Waals surface area contributed by atoms with Gasteiger partial charge in [0.2, 0.25) is 5.88 Å². The summed E-state index contributed by atoms with van der Waals surface area (Å²) in [6, 6.07) is 4.39. The maximum Gasteiger partial charge on any atom is 0.213 e. The number of hydrogen-bond acceptors (Lipinski definition) is 4. The molecular weight excluding hydrogens is 467 g/mol. The standard InChI is InChI=1S/C21H34N4O2.HI/c1-2-22-21(25-17-8-10-18(26)11-9-17)24-15-16-12-13-23-20(14-16)27-19-6-4-3-5-7-19;/h12-14,17-19,26H,2-11,15H2,1H3,(H2,22,24,25);1H. The second-order valence-corrected chi connectivity index (χ2v) is 7.73. The van der Waals surface area contributed by atoms with Crippen LogP contribution < -0.4 is 15.4 Å². The van der Waals surface area contributed by atoms with Crippen molar-refractivity contribution in [1.29, 1.82) is 0 Å². The normalized spacial score (nSPS) is 23.6. The smallest absolute Gasteiger partial charge is 0.213 e. The molecule has 0 saturated heterocycles. The topological polar surface area (TPSA) is 78.8 Å². The summed E-state index contributed by atoms with van der Waals surface area (Å²) >= 11 is 0. The second kappa shape index (κ2) is 12.5. The van der Waals surface area contributed by atoms with Crippen LogP contribution >= 0.6 is 24.0 Å². The van der Waals surface area contributed by atoms with Gasteiger partial charge in [-0.3, -0.25) is 0 Å². The SMILES string of the molecule is CCNC(=NCc1ccnc(OC2CCCCC2)c1)NC1CCC(O)CC1.I. The zero-order valence-electron chi connectivity index (χ0n) is 16.9. The number of nitrogens with zero attached hydrogens (tertiary/aromatic N) is 2. The van der Waals surface area contributed by atoms with E-state index in [1.54, 1.807) is 0 Å². The fourth-order valence-electron chi connectivity index (χ4n) is 3.87. The lowest BCUT2D eigenvalue weighted by Crippen LogP contribution is -2.45. The molecule has 0 bridgehead atoms. The number of rotatable bonds is 6. The lowest BCUT2D eigenvalue weighted by Gasteiger charge is -2.27. The first-order valence-electron chi connectivity index (χ1n) is 10.6. The molecular formula is C21H35IN4O2. The van der Waals surface area contributed by atoms with E-state index in [1.807, 2.05) is 18.3 Å². The largest absolute Gasteiger partial charge is 0.474 e. The molecule has 7 heteroatoms. The Kier molecular flexibility index (Phi) is 10.3. The maximum absolute atomic E-state index is 9.67. The van der Waals surface area contributed by atoms with Gasteiger partial charge in [-0.1, -0.05) is 6.42 Å². The molecule has 158 valence electrons. The van der Waals surface area contributed by atoms with E-state index >= 15 is 0 Å². The minimum atomic E-state index is -0.137. The number of aliphatic imine (C=N–C) groups is 1. The summed E-state index contributed by atoms with van der Waals surface area (Å²) in [6.07, 6.45) is 11.8. The minimum absolute atomic E-state index is 0. The molecule has 2 aliphatic carbocycles. The summed E-state index contributed by atoms with van der Waals surface area (Å²) in [5, 5.41) is 16.5. The van der Waals surface area contributed by atoms with Crippen molar-refractivity contribution < 1.29 is 9.84 Å². The van der Waals surface area contributed by atoms with Gasteiger partial charge in [0.05, 0.1) is 12.6 Å². The lowest BCUT2D eigenvalue weighted by atomic mass is 9.93. The molecule has 0 spiro atoms. The highest BCUT2D eigenvalue weighted by Gasteiger charge is 2.20. The molecule has 3 N–H and O–H groups in total. The highest BCUT2D eigenvalue weighted by atomic mass is 127. The van der Waals surface area contributed by atoms with Crippen LogP contribution in [0.2, 0.25) is 0 Å². The van der Waals surface area contributed by atoms with Crippen molar-refractivity contribution in [3.63, 3.8) is 0 Å². The zero-order valence-corrected chi connectivity index (χ0v) is 19.2. The predicted molar refractivity (Wildman–Crippen MR) is 123 cm³/mol. The van der Waals surface area contributed by atoms with Gasteiger partial charge in [-0.15, -0.1) is 24.0 Å². The Morgan fingerprint density at radius 3 is 2.64 bits per heavy atom. The van der Waals surface area contributed by atoms with E-state index in [0.29, 0.717) is 24.6 Å². The first kappa shape index (κ1) is 23.2. The number of pyridine rings is 1. The van der Waals surface area contributed by atoms with Gasteiger partial charge in [0.1, 0.15) is 6.10 Å². The van der Waals surface area contributed by atoms with Gasteiger partial charge in [-0.25, -0.2) is 9.98 Å². The van der Waals surface area contributed by atoms with Crippen molar-refractivity contribution in [2.45, 2.75) is 89.5 Å². The Bertz CT molecular complexity index is 600. The summed E-state index contributed by atoms with van der Waals surface area (Å²) in [4.78, 5) is 9.11. The third-order valence-electron chi connectivity index (χ3n) is 5.44. The number of aliphatic hydroxyl groups excluding tert-OH is 1. The van der Waals surface area contributed by atoms with Crippen LogP contribution in [-0.4, -0.2) is 40.8 Å². The molecule has 0 aliphatic heterocycles. The Balaban J connectivity index is 0.00000280. The quantitative estimate of drug-likeness (QED) is 0.314. The third-order valence-corrected chi connectivity index (χ3v) is 5.44. The van der Waals surface area contributed by atoms with Crippen LogP contribution in [0.1, 0.15) is 70.3 Å². The number of aromatic nitrogens is 1. The van der Waals surface area contributed by atoms with E-state index in [4.69, 9.17) is 9.73 Å². The molecule has 3 rings (SSSR count). The van der Waals surface area contributed by atoms with Crippen molar-refractivity contribution in [2.24, 2.45) is 4.99 Å². The number of aliphatic hydroxyl groups is 1. The van der Waals surface area contributed by atoms with Gasteiger partial charge in [0.15, 0.2) is 5.96 Å². The highest BCUT2D eigenvalue weighted by Crippen LogP contribution is 2.23. The second-order valence-electron chi connectivity index (χ2n) is 7.73. The van der Waals surface area contributed by atoms with Gasteiger partial charge in [-0.05, 0) is 69.9 Å². The fraction of sp³-hybridized carbons (Fsp3) is 0.714. The zero-order chi connectivity index (χ0) is 18.9. The van der Waals surface area contributed by atoms with Crippen molar-refractivity contribution in [3.05, 3.63) is 23.9 Å². The first-order chi connectivity index (χ1) is 13.2. The number of halogens is 1. The van der Waals surface area contributed by atoms with E-state index in [1.165, 1.54) is 19.3 Å². The molecule has 28 heavy (non-hydrogen) atoms. The van der Waals surface area contributed by atoms with Crippen LogP contribution in [0.5, 0.6) is 5.88 Å². The average Bonchev–Trinajstić information content (AvgIpc) is 2.69. The number of nitrogens with one attached hydrogen (secondary N) is 2. The molecule has 6 nitrogen and oxygen atoms in total. The number of ether oxygens (including phenoxy) is 1. The molecule has 0 radical (unpaired) electrons. The minimum Gasteiger partial charge on any atom is -0.474 e. The van der Waals surface area contributed by atoms with Crippen molar-refractivity contribution in [3.8, 4) is 5.88 Å². The number of guanidine groups is 1. The molecule has 0 aromatic carbocycles. The molecule has 0 atom stereocenters. The van der Waals surface area contributed by atoms with Crippen LogP contribution in [-0.2, 0) is 6.54 Å². The Hall–Kier alpha value is -1.09. The average molecular weight is 502 g/mol. The van der Waals surface area contributed by atoms with Gasteiger partial charge in [-0.2, -0.15) is 0 Å². The highest BCUT2D eigenvalue weighted by molar-refractivity contribution is 14.0. The van der Waals surface area contributed by atoms with E-state index in [0.717, 1.165) is 56.6 Å². The van der Waals surface area contributed by atoms with E-state index in [-0.39, 0.29) is 30.1 Å². The fourth-order valence-corrected chi connectivity index (χ4v) is 3.87. The van der Waals surface area contributed by atoms with Crippen molar-refractivity contribution in [2.75, 3.05) is 6.54 Å². The van der Waals surface area contributed by atoms with Gasteiger partial charge < -0.3 is 20.5 Å². The van der Waals surface area contributed by atoms with Crippen LogP contribution in [0.25, 0.3) is 0 Å². The van der Waals surface area contributed by atoms with Gasteiger partial charge in [0, 0.05) is 24.8 Å². The maximum atomic E-state index is 9.67. The molecule has 1 heterocycles. The van der Waals surface area contributed by atoms with Crippen molar-refractivity contribution in [1.82, 2.24) is 15.6 Å². The molecule has 1 aromatic heterocycles. The summed E-state index contributed by atoms with van der Waals surface area (Å²) in [5.74, 6) is 1.55. The first-order valence-corrected chi connectivity index (χ1v) is 10.6. The van der Waals surface area contributed by atoms with Crippen molar-refractivity contribution >= 4 is 29.9 Å². The molecule has 2 aliphatic rings. The molecule has 2 saturated carbocycles. The van der Waals surface area contributed by atoms with E-state index in [9.17, 15) is 5.11 Å². The lowest BCUT2D eigenvalue weighted by molar-refractivity contribution is 0.120. The summed E-state index contributed by atoms with van der Waals surface area (Å²) in [6.45, 7) is 3.49. The summed E-state index contributed by atoms with van der Waals surface area (Å²) in [7, 11) is 0. The van der Waals surface area contributed by atoms with Crippen LogP contribution in [0.3, 0.4) is 0 Å². The monoisotopic (exact) mass is 502 g/mol. The van der Waals surface area contributed by atoms with Gasteiger partial charge >= 0.3 is 0 Å². The summed E-state index contributed by atoms with van der Waals surface area (Å²) in [5.41, 5.74) is 1.10. The predicted octanol–water partition coefficient (Wildman–Crippen LogP) is 3.77. The van der Waals surface area contributed by atoms with Crippen LogP contribution in [0.4, 0.5) is 0 Å². The van der Waals surface area contributed by atoms with E-state index < -0.39 is 0 Å². The third kappa shape index (κ3) is 7.73. The number of hydrogen-bond donors (Lipinski definition) is 3. The molecule has 0 unspecified atom stereocenters. The Morgan fingerprint density at radius 1 is 1.18 bits per heavy atom. The summed E-state index contributed by atoms with van der Waals surface area (Å²) < 4.78 is 6.07. The Morgan fingerprint density at radius 2 is 1.93 bits per heavy atom. The molecule has 0 amide bonds. The van der Waals surface area contributed by atoms with Crippen LogP contribution in [0, 0.1) is 0 Å². The molecule has 1 aromatic rings. The van der Waals surface area contributed by atoms with Crippen LogP contribution in [0.15, 0.2) is 23.3 Å².